The number of halogens is 1. The van der Waals surface area contributed by atoms with Crippen molar-refractivity contribution in [2.24, 2.45) is 0 Å². The van der Waals surface area contributed by atoms with Gasteiger partial charge in [-0.2, -0.15) is 0 Å². The van der Waals surface area contributed by atoms with Crippen molar-refractivity contribution >= 4 is 18.3 Å². The summed E-state index contributed by atoms with van der Waals surface area (Å²) in [5.41, 5.74) is 1.12. The van der Waals surface area contributed by atoms with E-state index in [0.717, 1.165) is 50.0 Å². The van der Waals surface area contributed by atoms with Crippen molar-refractivity contribution in [3.63, 3.8) is 0 Å². The molecule has 2 fully saturated rings. The number of benzene rings is 1. The number of carbonyl (C=O) groups excluding carboxylic acids is 1. The second-order valence-electron chi connectivity index (χ2n) is 6.67. The number of nitrogens with zero attached hydrogens (tertiary/aromatic N) is 2. The van der Waals surface area contributed by atoms with Gasteiger partial charge in [0.05, 0.1) is 7.11 Å². The summed E-state index contributed by atoms with van der Waals surface area (Å²) in [6.07, 6.45) is 6.78. The molecule has 24 heavy (non-hydrogen) atoms. The summed E-state index contributed by atoms with van der Waals surface area (Å²) < 4.78 is 5.36. The molecule has 0 N–H and O–H groups in total. The Kier molecular flexibility index (Phi) is 7.38. The molecule has 1 saturated heterocycles. The molecular weight excluding hydrogens is 324 g/mol. The van der Waals surface area contributed by atoms with Crippen LogP contribution in [0.15, 0.2) is 24.3 Å². The van der Waals surface area contributed by atoms with Crippen LogP contribution in [0.4, 0.5) is 0 Å². The molecule has 1 amide bonds. The van der Waals surface area contributed by atoms with Crippen LogP contribution < -0.4 is 4.74 Å². The van der Waals surface area contributed by atoms with Crippen LogP contribution in [0.25, 0.3) is 0 Å². The number of amides is 1. The zero-order valence-corrected chi connectivity index (χ0v) is 15.4. The molecule has 1 heterocycles. The quantitative estimate of drug-likeness (QED) is 0.816. The standard InChI is InChI=1S/C19H28N2O2.ClH/c1-23-18-9-5-2-6-16(18)10-11-19(22)21-14-12-20(13-15-21)17-7-3-4-8-17;/h2,5-6,9,17H,3-4,7-8,10-15H2,1H3;1H. The second-order valence-corrected chi connectivity index (χ2v) is 6.67. The van der Waals surface area contributed by atoms with Gasteiger partial charge in [-0.15, -0.1) is 12.4 Å². The normalized spacial score (nSPS) is 19.1. The van der Waals surface area contributed by atoms with Gasteiger partial charge in [-0.25, -0.2) is 0 Å². The topological polar surface area (TPSA) is 32.8 Å². The number of aryl methyl sites for hydroxylation is 1. The summed E-state index contributed by atoms with van der Waals surface area (Å²) in [5, 5.41) is 0. The molecule has 3 rings (SSSR count). The van der Waals surface area contributed by atoms with Gasteiger partial charge >= 0.3 is 0 Å². The van der Waals surface area contributed by atoms with E-state index in [2.05, 4.69) is 4.90 Å². The minimum absolute atomic E-state index is 0. The van der Waals surface area contributed by atoms with Gasteiger partial charge in [0.15, 0.2) is 0 Å². The number of rotatable bonds is 5. The summed E-state index contributed by atoms with van der Waals surface area (Å²) in [5.74, 6) is 1.16. The molecule has 0 spiro atoms. The molecule has 4 nitrogen and oxygen atoms in total. The van der Waals surface area contributed by atoms with Crippen LogP contribution in [0.5, 0.6) is 5.75 Å². The van der Waals surface area contributed by atoms with Crippen LogP contribution in [0.1, 0.15) is 37.7 Å². The third-order valence-corrected chi connectivity index (χ3v) is 5.31. The van der Waals surface area contributed by atoms with Gasteiger partial charge in [0, 0.05) is 38.6 Å². The number of methoxy groups -OCH3 is 1. The van der Waals surface area contributed by atoms with Crippen molar-refractivity contribution in [3.8, 4) is 5.75 Å². The predicted molar refractivity (Wildman–Crippen MR) is 99.0 cm³/mol. The van der Waals surface area contributed by atoms with Gasteiger partial charge in [-0.3, -0.25) is 9.69 Å². The Bertz CT molecular complexity index is 524. The van der Waals surface area contributed by atoms with E-state index in [4.69, 9.17) is 4.74 Å². The second kappa shape index (κ2) is 9.28. The minimum Gasteiger partial charge on any atom is -0.496 e. The third-order valence-electron chi connectivity index (χ3n) is 5.31. The highest BCUT2D eigenvalue weighted by atomic mass is 35.5. The number of hydrogen-bond acceptors (Lipinski definition) is 3. The predicted octanol–water partition coefficient (Wildman–Crippen LogP) is 3.14. The number of hydrogen-bond donors (Lipinski definition) is 0. The molecule has 1 aliphatic carbocycles. The van der Waals surface area contributed by atoms with Crippen LogP contribution in [-0.2, 0) is 11.2 Å². The highest BCUT2D eigenvalue weighted by Gasteiger charge is 2.27. The molecule has 0 unspecified atom stereocenters. The van der Waals surface area contributed by atoms with Gasteiger partial charge in [-0.05, 0) is 30.9 Å². The van der Waals surface area contributed by atoms with E-state index in [1.54, 1.807) is 7.11 Å². The fourth-order valence-electron chi connectivity index (χ4n) is 3.92. The van der Waals surface area contributed by atoms with E-state index in [-0.39, 0.29) is 18.3 Å². The first-order chi connectivity index (χ1) is 11.3. The monoisotopic (exact) mass is 352 g/mol. The molecule has 2 aliphatic rings. The lowest BCUT2D eigenvalue weighted by Crippen LogP contribution is -2.51. The Balaban J connectivity index is 0.00000208. The van der Waals surface area contributed by atoms with Crippen LogP contribution in [0.3, 0.4) is 0 Å². The average Bonchev–Trinajstić information content (AvgIpc) is 3.14. The highest BCUT2D eigenvalue weighted by Crippen LogP contribution is 2.24. The summed E-state index contributed by atoms with van der Waals surface area (Å²) in [4.78, 5) is 17.1. The lowest BCUT2D eigenvalue weighted by Gasteiger charge is -2.38. The Labute approximate surface area is 151 Å². The molecule has 1 aromatic carbocycles. The zero-order chi connectivity index (χ0) is 16.1. The fraction of sp³-hybridized carbons (Fsp3) is 0.632. The molecule has 0 radical (unpaired) electrons. The Hall–Kier alpha value is -1.26. The summed E-state index contributed by atoms with van der Waals surface area (Å²) in [6.45, 7) is 3.87. The Morgan fingerprint density at radius 3 is 2.46 bits per heavy atom. The maximum absolute atomic E-state index is 12.5. The largest absolute Gasteiger partial charge is 0.496 e. The molecule has 1 aliphatic heterocycles. The smallest absolute Gasteiger partial charge is 0.222 e. The van der Waals surface area contributed by atoms with Gasteiger partial charge in [0.25, 0.3) is 0 Å². The third kappa shape index (κ3) is 4.64. The maximum Gasteiger partial charge on any atom is 0.222 e. The van der Waals surface area contributed by atoms with Gasteiger partial charge < -0.3 is 9.64 Å². The first-order valence-corrected chi connectivity index (χ1v) is 8.91. The molecule has 0 aromatic heterocycles. The van der Waals surface area contributed by atoms with Crippen molar-refractivity contribution in [1.29, 1.82) is 0 Å². The lowest BCUT2D eigenvalue weighted by atomic mass is 10.1. The van der Waals surface area contributed by atoms with Crippen molar-refractivity contribution < 1.29 is 9.53 Å². The van der Waals surface area contributed by atoms with Crippen molar-refractivity contribution in [1.82, 2.24) is 9.80 Å². The van der Waals surface area contributed by atoms with Crippen LogP contribution in [-0.4, -0.2) is 55.0 Å². The number of para-hydroxylation sites is 1. The van der Waals surface area contributed by atoms with Crippen molar-refractivity contribution in [2.45, 2.75) is 44.6 Å². The first kappa shape index (κ1) is 19.1. The van der Waals surface area contributed by atoms with Gasteiger partial charge in [-0.1, -0.05) is 31.0 Å². The van der Waals surface area contributed by atoms with E-state index in [9.17, 15) is 4.79 Å². The first-order valence-electron chi connectivity index (χ1n) is 8.91. The zero-order valence-electron chi connectivity index (χ0n) is 14.6. The van der Waals surface area contributed by atoms with E-state index >= 15 is 0 Å². The highest BCUT2D eigenvalue weighted by molar-refractivity contribution is 5.85. The van der Waals surface area contributed by atoms with E-state index in [1.807, 2.05) is 29.2 Å². The molecule has 1 saturated carbocycles. The number of piperazine rings is 1. The Morgan fingerprint density at radius 1 is 1.12 bits per heavy atom. The number of carbonyl (C=O) groups is 1. The Morgan fingerprint density at radius 2 is 1.79 bits per heavy atom. The molecule has 134 valence electrons. The van der Waals surface area contributed by atoms with Crippen molar-refractivity contribution in [2.75, 3.05) is 33.3 Å². The maximum atomic E-state index is 12.5. The molecule has 0 bridgehead atoms. The summed E-state index contributed by atoms with van der Waals surface area (Å²) in [7, 11) is 1.68. The lowest BCUT2D eigenvalue weighted by molar-refractivity contribution is -0.133. The average molecular weight is 353 g/mol. The van der Waals surface area contributed by atoms with Crippen molar-refractivity contribution in [3.05, 3.63) is 29.8 Å². The number of ether oxygens (including phenoxy) is 1. The van der Waals surface area contributed by atoms with E-state index < -0.39 is 0 Å². The van der Waals surface area contributed by atoms with E-state index in [0.29, 0.717) is 6.42 Å². The van der Waals surface area contributed by atoms with Crippen LogP contribution in [0.2, 0.25) is 0 Å². The minimum atomic E-state index is 0. The fourth-order valence-corrected chi connectivity index (χ4v) is 3.92. The molecule has 5 heteroatoms. The van der Waals surface area contributed by atoms with Crippen LogP contribution >= 0.6 is 12.4 Å². The van der Waals surface area contributed by atoms with Gasteiger partial charge in [0.2, 0.25) is 5.91 Å². The molecular formula is C19H29ClN2O2. The molecule has 1 aromatic rings. The molecule has 0 atom stereocenters. The van der Waals surface area contributed by atoms with Gasteiger partial charge in [0.1, 0.15) is 5.75 Å². The van der Waals surface area contributed by atoms with Crippen LogP contribution in [0, 0.1) is 0 Å². The SMILES string of the molecule is COc1ccccc1CCC(=O)N1CCN(C2CCCC2)CC1.Cl. The van der Waals surface area contributed by atoms with E-state index in [1.165, 1.54) is 25.7 Å². The summed E-state index contributed by atoms with van der Waals surface area (Å²) >= 11 is 0. The summed E-state index contributed by atoms with van der Waals surface area (Å²) in [6, 6.07) is 8.75.